The Morgan fingerprint density at radius 3 is 2.37 bits per heavy atom. The van der Waals surface area contributed by atoms with E-state index in [1.54, 1.807) is 0 Å². The molecule has 0 fully saturated rings. The van der Waals surface area contributed by atoms with E-state index in [1.807, 2.05) is 18.3 Å². The third-order valence-corrected chi connectivity index (χ3v) is 3.51. The minimum atomic E-state index is 0.106. The van der Waals surface area contributed by atoms with Crippen LogP contribution in [0.25, 0.3) is 0 Å². The quantitative estimate of drug-likeness (QED) is 0.935. The minimum Gasteiger partial charge on any atom is -0.327 e. The number of aromatic nitrogens is 1. The Hall–Kier alpha value is -1.19. The van der Waals surface area contributed by atoms with Crippen molar-refractivity contribution in [3.63, 3.8) is 0 Å². The first kappa shape index (κ1) is 14.2. The fraction of sp³-hybridized carbons (Fsp3) is 0.312. The lowest BCUT2D eigenvalue weighted by Gasteiger charge is -2.12. The van der Waals surface area contributed by atoms with Gasteiger partial charge in [0, 0.05) is 28.8 Å². The van der Waals surface area contributed by atoms with Crippen molar-refractivity contribution in [2.24, 2.45) is 5.73 Å². The Balaban J connectivity index is 2.00. The number of hydrogen-bond acceptors (Lipinski definition) is 2. The molecule has 1 atom stereocenters. The first-order valence-electron chi connectivity index (χ1n) is 6.46. The Bertz CT molecular complexity index is 529. The van der Waals surface area contributed by atoms with Gasteiger partial charge in [0.15, 0.2) is 0 Å². The number of aryl methyl sites for hydroxylation is 2. The van der Waals surface area contributed by atoms with Crippen molar-refractivity contribution in [3.8, 4) is 0 Å². The van der Waals surface area contributed by atoms with Gasteiger partial charge < -0.3 is 5.73 Å². The van der Waals surface area contributed by atoms with Crippen LogP contribution in [0.2, 0.25) is 0 Å². The van der Waals surface area contributed by atoms with E-state index < -0.39 is 0 Å². The minimum absolute atomic E-state index is 0.106. The van der Waals surface area contributed by atoms with Gasteiger partial charge in [0.25, 0.3) is 0 Å². The van der Waals surface area contributed by atoms with Crippen molar-refractivity contribution >= 4 is 15.9 Å². The van der Waals surface area contributed by atoms with Gasteiger partial charge in [-0.05, 0) is 53.9 Å². The average molecular weight is 319 g/mol. The maximum absolute atomic E-state index is 6.22. The SMILES string of the molecule is Cc1cc(C)cc(CC(N)Cc2ccc(Br)cn2)c1. The first-order chi connectivity index (χ1) is 9.02. The summed E-state index contributed by atoms with van der Waals surface area (Å²) in [5.74, 6) is 0. The summed E-state index contributed by atoms with van der Waals surface area (Å²) in [6.45, 7) is 4.25. The van der Waals surface area contributed by atoms with Gasteiger partial charge in [-0.15, -0.1) is 0 Å². The van der Waals surface area contributed by atoms with E-state index in [0.717, 1.165) is 23.0 Å². The molecule has 0 aliphatic rings. The van der Waals surface area contributed by atoms with Gasteiger partial charge in [0.05, 0.1) is 0 Å². The summed E-state index contributed by atoms with van der Waals surface area (Å²) in [4.78, 5) is 4.37. The average Bonchev–Trinajstić information content (AvgIpc) is 2.30. The van der Waals surface area contributed by atoms with Crippen LogP contribution < -0.4 is 5.73 Å². The van der Waals surface area contributed by atoms with Crippen LogP contribution in [-0.2, 0) is 12.8 Å². The van der Waals surface area contributed by atoms with E-state index in [4.69, 9.17) is 5.73 Å². The summed E-state index contributed by atoms with van der Waals surface area (Å²) in [5, 5.41) is 0. The van der Waals surface area contributed by atoms with E-state index in [9.17, 15) is 0 Å². The third kappa shape index (κ3) is 4.44. The molecule has 0 aliphatic heterocycles. The van der Waals surface area contributed by atoms with Crippen LogP contribution in [0.4, 0.5) is 0 Å². The maximum atomic E-state index is 6.22. The Morgan fingerprint density at radius 1 is 1.11 bits per heavy atom. The number of nitrogens with two attached hydrogens (primary N) is 1. The largest absolute Gasteiger partial charge is 0.327 e. The summed E-state index contributed by atoms with van der Waals surface area (Å²) in [7, 11) is 0. The van der Waals surface area contributed by atoms with Gasteiger partial charge in [0.1, 0.15) is 0 Å². The highest BCUT2D eigenvalue weighted by Gasteiger charge is 2.07. The van der Waals surface area contributed by atoms with E-state index >= 15 is 0 Å². The number of pyridine rings is 1. The van der Waals surface area contributed by atoms with Crippen LogP contribution in [0.1, 0.15) is 22.4 Å². The van der Waals surface area contributed by atoms with E-state index in [0.29, 0.717) is 0 Å². The number of benzene rings is 1. The molecular weight excluding hydrogens is 300 g/mol. The van der Waals surface area contributed by atoms with E-state index in [-0.39, 0.29) is 6.04 Å². The standard InChI is InChI=1S/C16H19BrN2/c1-11-5-12(2)7-13(6-11)8-15(18)9-16-4-3-14(17)10-19-16/h3-7,10,15H,8-9,18H2,1-2H3. The Kier molecular flexibility index (Phi) is 4.72. The Labute approximate surface area is 123 Å². The second-order valence-corrected chi connectivity index (χ2v) is 6.05. The summed E-state index contributed by atoms with van der Waals surface area (Å²) >= 11 is 3.39. The number of hydrogen-bond donors (Lipinski definition) is 1. The van der Waals surface area contributed by atoms with Crippen molar-refractivity contribution < 1.29 is 0 Å². The van der Waals surface area contributed by atoms with Crippen molar-refractivity contribution in [2.45, 2.75) is 32.7 Å². The van der Waals surface area contributed by atoms with Crippen LogP contribution in [0.3, 0.4) is 0 Å². The second-order valence-electron chi connectivity index (χ2n) is 5.13. The smallest absolute Gasteiger partial charge is 0.0420 e. The fourth-order valence-corrected chi connectivity index (χ4v) is 2.59. The fourth-order valence-electron chi connectivity index (χ4n) is 2.36. The number of rotatable bonds is 4. The number of halogens is 1. The molecule has 1 unspecified atom stereocenters. The molecule has 3 heteroatoms. The second kappa shape index (κ2) is 6.31. The molecule has 0 saturated heterocycles. The molecular formula is C16H19BrN2. The van der Waals surface area contributed by atoms with Crippen LogP contribution in [-0.4, -0.2) is 11.0 Å². The monoisotopic (exact) mass is 318 g/mol. The van der Waals surface area contributed by atoms with E-state index in [2.05, 4.69) is 53.0 Å². The molecule has 1 aromatic carbocycles. The van der Waals surface area contributed by atoms with Gasteiger partial charge in [-0.25, -0.2) is 0 Å². The zero-order chi connectivity index (χ0) is 13.8. The van der Waals surface area contributed by atoms with E-state index in [1.165, 1.54) is 16.7 Å². The zero-order valence-electron chi connectivity index (χ0n) is 11.4. The maximum Gasteiger partial charge on any atom is 0.0420 e. The summed E-state index contributed by atoms with van der Waals surface area (Å²) in [6.07, 6.45) is 3.51. The topological polar surface area (TPSA) is 38.9 Å². The highest BCUT2D eigenvalue weighted by Crippen LogP contribution is 2.13. The molecule has 0 amide bonds. The van der Waals surface area contributed by atoms with Crippen LogP contribution >= 0.6 is 15.9 Å². The zero-order valence-corrected chi connectivity index (χ0v) is 12.9. The van der Waals surface area contributed by atoms with Crippen molar-refractivity contribution in [3.05, 3.63) is 63.4 Å². The molecule has 100 valence electrons. The lowest BCUT2D eigenvalue weighted by Crippen LogP contribution is -2.26. The molecule has 0 spiro atoms. The molecule has 2 N–H and O–H groups in total. The highest BCUT2D eigenvalue weighted by atomic mass is 79.9. The lowest BCUT2D eigenvalue weighted by atomic mass is 9.99. The van der Waals surface area contributed by atoms with Crippen LogP contribution in [0.15, 0.2) is 41.0 Å². The van der Waals surface area contributed by atoms with Crippen LogP contribution in [0, 0.1) is 13.8 Å². The molecule has 2 rings (SSSR count). The lowest BCUT2D eigenvalue weighted by molar-refractivity contribution is 0.653. The summed E-state index contributed by atoms with van der Waals surface area (Å²) < 4.78 is 0.999. The predicted octanol–water partition coefficient (Wildman–Crippen LogP) is 3.57. The van der Waals surface area contributed by atoms with Gasteiger partial charge >= 0.3 is 0 Å². The van der Waals surface area contributed by atoms with Gasteiger partial charge in [-0.3, -0.25) is 4.98 Å². The van der Waals surface area contributed by atoms with Crippen molar-refractivity contribution in [1.29, 1.82) is 0 Å². The summed E-state index contributed by atoms with van der Waals surface area (Å²) in [6, 6.07) is 10.7. The first-order valence-corrected chi connectivity index (χ1v) is 7.25. The highest BCUT2D eigenvalue weighted by molar-refractivity contribution is 9.10. The molecule has 1 aromatic heterocycles. The molecule has 2 nitrogen and oxygen atoms in total. The molecule has 0 saturated carbocycles. The molecule has 2 aromatic rings. The normalized spacial score (nSPS) is 12.4. The van der Waals surface area contributed by atoms with Gasteiger partial charge in [-0.1, -0.05) is 29.3 Å². The van der Waals surface area contributed by atoms with Crippen LogP contribution in [0.5, 0.6) is 0 Å². The van der Waals surface area contributed by atoms with Gasteiger partial charge in [0.2, 0.25) is 0 Å². The molecule has 0 aliphatic carbocycles. The molecule has 0 radical (unpaired) electrons. The van der Waals surface area contributed by atoms with Gasteiger partial charge in [-0.2, -0.15) is 0 Å². The molecule has 1 heterocycles. The molecule has 19 heavy (non-hydrogen) atoms. The number of nitrogens with zero attached hydrogens (tertiary/aromatic N) is 1. The third-order valence-electron chi connectivity index (χ3n) is 3.04. The Morgan fingerprint density at radius 2 is 1.79 bits per heavy atom. The molecule has 0 bridgehead atoms. The summed E-state index contributed by atoms with van der Waals surface area (Å²) in [5.41, 5.74) is 11.2. The predicted molar refractivity (Wildman–Crippen MR) is 83.2 cm³/mol. The van der Waals surface area contributed by atoms with Crippen molar-refractivity contribution in [2.75, 3.05) is 0 Å². The van der Waals surface area contributed by atoms with Crippen molar-refractivity contribution in [1.82, 2.24) is 4.98 Å².